The molecule has 1 saturated heterocycles. The van der Waals surface area contributed by atoms with Crippen LogP contribution in [0.25, 0.3) is 0 Å². The molecule has 1 aliphatic carbocycles. The molecule has 0 aromatic carbocycles. The maximum Gasteiger partial charge on any atom is 0.421 e. The first-order valence-electron chi connectivity index (χ1n) is 10.9. The minimum atomic E-state index is -4.71. The van der Waals surface area contributed by atoms with E-state index in [0.717, 1.165) is 18.5 Å². The Morgan fingerprint density at radius 1 is 1.06 bits per heavy atom. The number of carbonyl (C=O) groups excluding carboxylic acids is 2. The third-order valence-electron chi connectivity index (χ3n) is 6.72. The molecular formula is C21H23F6N5O2. The summed E-state index contributed by atoms with van der Waals surface area (Å²) in [6.07, 6.45) is -5.92. The van der Waals surface area contributed by atoms with E-state index in [1.165, 1.54) is 0 Å². The van der Waals surface area contributed by atoms with Gasteiger partial charge >= 0.3 is 12.4 Å². The average molecular weight is 491 g/mol. The van der Waals surface area contributed by atoms with Gasteiger partial charge in [0.15, 0.2) is 0 Å². The molecule has 4 rings (SSSR count). The lowest BCUT2D eigenvalue weighted by atomic mass is 9.67. The third-order valence-corrected chi connectivity index (χ3v) is 6.72. The molecule has 1 unspecified atom stereocenters. The normalized spacial score (nSPS) is 28.2. The summed E-state index contributed by atoms with van der Waals surface area (Å²) in [5, 5.41) is 2.28. The predicted molar refractivity (Wildman–Crippen MR) is 107 cm³/mol. The van der Waals surface area contributed by atoms with Crippen molar-refractivity contribution in [3.63, 3.8) is 0 Å². The standard InChI is InChI=1S/C21H23F6N5O2/c1-11-10-31(19-29-8-15(9-30-19)20(22,23)24)2-3-32(11)18(34)13-4-12(5-13)14-6-16(21(25,26)27)17(33)28-7-14/h6,8-9,11-14H,2-5,7,10H2,1H3,(H,28,33)/t11-,12?,13?,14?/m1/s1. The molecular weight excluding hydrogens is 468 g/mol. The number of aromatic nitrogens is 2. The van der Waals surface area contributed by atoms with Crippen LogP contribution < -0.4 is 10.2 Å². The Balaban J connectivity index is 1.32. The molecule has 3 heterocycles. The molecule has 0 radical (unpaired) electrons. The quantitative estimate of drug-likeness (QED) is 0.659. The van der Waals surface area contributed by atoms with E-state index in [-0.39, 0.29) is 36.3 Å². The number of amides is 2. The van der Waals surface area contributed by atoms with Crippen molar-refractivity contribution in [3.05, 3.63) is 29.6 Å². The Hall–Kier alpha value is -2.86. The molecule has 1 aromatic rings. The van der Waals surface area contributed by atoms with E-state index in [9.17, 15) is 35.9 Å². The first-order valence-corrected chi connectivity index (χ1v) is 10.9. The maximum atomic E-state index is 13.0. The highest BCUT2D eigenvalue weighted by molar-refractivity contribution is 5.95. The monoisotopic (exact) mass is 491 g/mol. The van der Waals surface area contributed by atoms with Crippen LogP contribution >= 0.6 is 0 Å². The van der Waals surface area contributed by atoms with Gasteiger partial charge in [0.05, 0.1) is 5.56 Å². The number of hydrogen-bond acceptors (Lipinski definition) is 5. The molecule has 1 N–H and O–H groups in total. The van der Waals surface area contributed by atoms with Gasteiger partial charge in [0.1, 0.15) is 5.57 Å². The lowest BCUT2D eigenvalue weighted by molar-refractivity contribution is -0.144. The van der Waals surface area contributed by atoms with Crippen molar-refractivity contribution in [2.24, 2.45) is 17.8 Å². The van der Waals surface area contributed by atoms with E-state index in [0.29, 0.717) is 32.5 Å². The Bertz CT molecular complexity index is 971. The lowest BCUT2D eigenvalue weighted by Gasteiger charge is -2.46. The molecule has 2 amide bonds. The lowest BCUT2D eigenvalue weighted by Crippen LogP contribution is -2.57. The summed E-state index contributed by atoms with van der Waals surface area (Å²) in [5.74, 6) is -1.95. The third kappa shape index (κ3) is 4.83. The van der Waals surface area contributed by atoms with Gasteiger partial charge in [0.25, 0.3) is 5.91 Å². The number of anilines is 1. The molecule has 7 nitrogen and oxygen atoms in total. The fourth-order valence-electron chi connectivity index (χ4n) is 4.73. The zero-order chi connectivity index (χ0) is 24.8. The van der Waals surface area contributed by atoms with Crippen LogP contribution in [0.5, 0.6) is 0 Å². The van der Waals surface area contributed by atoms with Gasteiger partial charge in [-0.15, -0.1) is 0 Å². The average Bonchev–Trinajstić information content (AvgIpc) is 2.72. The number of nitrogens with zero attached hydrogens (tertiary/aromatic N) is 4. The van der Waals surface area contributed by atoms with E-state index in [2.05, 4.69) is 15.3 Å². The van der Waals surface area contributed by atoms with E-state index in [1.54, 1.807) is 9.80 Å². The van der Waals surface area contributed by atoms with E-state index < -0.39 is 35.3 Å². The Labute approximate surface area is 191 Å². The van der Waals surface area contributed by atoms with Crippen molar-refractivity contribution in [3.8, 4) is 0 Å². The van der Waals surface area contributed by atoms with Crippen LogP contribution in [0.4, 0.5) is 32.3 Å². The molecule has 186 valence electrons. The summed E-state index contributed by atoms with van der Waals surface area (Å²) >= 11 is 0. The Morgan fingerprint density at radius 3 is 2.26 bits per heavy atom. The summed E-state index contributed by atoms with van der Waals surface area (Å²) in [6, 6.07) is -0.239. The fourth-order valence-corrected chi connectivity index (χ4v) is 4.73. The van der Waals surface area contributed by atoms with Crippen molar-refractivity contribution in [1.29, 1.82) is 0 Å². The highest BCUT2D eigenvalue weighted by atomic mass is 19.4. The van der Waals surface area contributed by atoms with E-state index >= 15 is 0 Å². The molecule has 2 atom stereocenters. The van der Waals surface area contributed by atoms with Crippen LogP contribution in [0.1, 0.15) is 25.3 Å². The molecule has 0 bridgehead atoms. The van der Waals surface area contributed by atoms with Gasteiger partial charge in [-0.05, 0) is 31.6 Å². The molecule has 1 saturated carbocycles. The minimum absolute atomic E-state index is 0.0865. The van der Waals surface area contributed by atoms with Crippen LogP contribution in [0.15, 0.2) is 24.0 Å². The molecule has 1 aromatic heterocycles. The molecule has 2 fully saturated rings. The zero-order valence-corrected chi connectivity index (χ0v) is 18.2. The fraction of sp³-hybridized carbons (Fsp3) is 0.619. The first kappa shape index (κ1) is 24.3. The van der Waals surface area contributed by atoms with Crippen molar-refractivity contribution < 1.29 is 35.9 Å². The largest absolute Gasteiger partial charge is 0.421 e. The highest BCUT2D eigenvalue weighted by Gasteiger charge is 2.46. The molecule has 2 aliphatic heterocycles. The van der Waals surface area contributed by atoms with Crippen LogP contribution in [0, 0.1) is 17.8 Å². The predicted octanol–water partition coefficient (Wildman–Crippen LogP) is 2.79. The second-order valence-corrected chi connectivity index (χ2v) is 8.98. The molecule has 0 spiro atoms. The van der Waals surface area contributed by atoms with Gasteiger partial charge in [0.2, 0.25) is 11.9 Å². The number of alkyl halides is 6. The van der Waals surface area contributed by atoms with Gasteiger partial charge in [0, 0.05) is 50.5 Å². The number of halogens is 6. The second-order valence-electron chi connectivity index (χ2n) is 8.98. The van der Waals surface area contributed by atoms with Crippen LogP contribution in [-0.2, 0) is 15.8 Å². The van der Waals surface area contributed by atoms with Gasteiger partial charge in [-0.25, -0.2) is 9.97 Å². The number of hydrogen-bond donors (Lipinski definition) is 1. The van der Waals surface area contributed by atoms with E-state index in [1.807, 2.05) is 6.92 Å². The first-order chi connectivity index (χ1) is 15.8. The Morgan fingerprint density at radius 2 is 1.71 bits per heavy atom. The summed E-state index contributed by atoms with van der Waals surface area (Å²) in [5.41, 5.74) is -2.12. The number of nitrogens with one attached hydrogen (secondary N) is 1. The molecule has 34 heavy (non-hydrogen) atoms. The van der Waals surface area contributed by atoms with Gasteiger partial charge in [-0.3, -0.25) is 9.59 Å². The summed E-state index contributed by atoms with van der Waals surface area (Å²) in [6.45, 7) is 2.97. The summed E-state index contributed by atoms with van der Waals surface area (Å²) < 4.78 is 77.2. The van der Waals surface area contributed by atoms with Crippen LogP contribution in [0.3, 0.4) is 0 Å². The van der Waals surface area contributed by atoms with Crippen molar-refractivity contribution in [2.75, 3.05) is 31.1 Å². The van der Waals surface area contributed by atoms with Gasteiger partial charge < -0.3 is 15.1 Å². The van der Waals surface area contributed by atoms with Crippen molar-refractivity contribution in [2.45, 2.75) is 38.2 Å². The minimum Gasteiger partial charge on any atom is -0.351 e. The number of rotatable bonds is 3. The van der Waals surface area contributed by atoms with Crippen molar-refractivity contribution >= 4 is 17.8 Å². The van der Waals surface area contributed by atoms with E-state index in [4.69, 9.17) is 0 Å². The Kier molecular flexibility index (Phi) is 6.23. The number of carbonyl (C=O) groups is 2. The SMILES string of the molecule is C[C@@H]1CN(c2ncc(C(F)(F)F)cn2)CCN1C(=O)C1CC(C2C=C(C(F)(F)F)C(=O)NC2)C1. The van der Waals surface area contributed by atoms with Gasteiger partial charge in [-0.1, -0.05) is 6.08 Å². The van der Waals surface area contributed by atoms with Crippen LogP contribution in [-0.4, -0.2) is 65.1 Å². The maximum absolute atomic E-state index is 13.0. The second kappa shape index (κ2) is 8.73. The summed E-state index contributed by atoms with van der Waals surface area (Å²) in [4.78, 5) is 35.5. The zero-order valence-electron chi connectivity index (χ0n) is 18.2. The van der Waals surface area contributed by atoms with Crippen molar-refractivity contribution in [1.82, 2.24) is 20.2 Å². The summed E-state index contributed by atoms with van der Waals surface area (Å²) in [7, 11) is 0. The highest BCUT2D eigenvalue weighted by Crippen LogP contribution is 2.43. The smallest absolute Gasteiger partial charge is 0.351 e. The number of piperazine rings is 1. The molecule has 3 aliphatic rings. The van der Waals surface area contributed by atoms with Gasteiger partial charge in [-0.2, -0.15) is 26.3 Å². The topological polar surface area (TPSA) is 78.4 Å². The van der Waals surface area contributed by atoms with Crippen LogP contribution in [0.2, 0.25) is 0 Å². The molecule has 13 heteroatoms.